The number of rotatable bonds is 5. The molecule has 0 saturated heterocycles. The molecule has 0 unspecified atom stereocenters. The summed E-state index contributed by atoms with van der Waals surface area (Å²) in [5, 5.41) is 2.77. The summed E-state index contributed by atoms with van der Waals surface area (Å²) in [7, 11) is 0. The second-order valence-electron chi connectivity index (χ2n) is 5.82. The minimum atomic E-state index is -0.308. The standard InChI is InChI=1S/C13H26N2O2/c1-13(2,9-14)10-15-12(16)17-8-11-6-4-3-5-7-11/h11H,3-10,14H2,1-2H3,(H,15,16). The Morgan fingerprint density at radius 3 is 2.59 bits per heavy atom. The first-order valence-electron chi connectivity index (χ1n) is 6.64. The van der Waals surface area contributed by atoms with Gasteiger partial charge in [0.05, 0.1) is 6.61 Å². The quantitative estimate of drug-likeness (QED) is 0.777. The van der Waals surface area contributed by atoms with Crippen molar-refractivity contribution in [1.82, 2.24) is 5.32 Å². The predicted octanol–water partition coefficient (Wildman–Crippen LogP) is 2.28. The van der Waals surface area contributed by atoms with E-state index < -0.39 is 0 Å². The Morgan fingerprint density at radius 2 is 2.00 bits per heavy atom. The third kappa shape index (κ3) is 5.91. The van der Waals surface area contributed by atoms with E-state index in [0.29, 0.717) is 25.6 Å². The highest BCUT2D eigenvalue weighted by Crippen LogP contribution is 2.23. The Kier molecular flexibility index (Phi) is 5.75. The molecule has 1 saturated carbocycles. The van der Waals surface area contributed by atoms with Gasteiger partial charge in [0.15, 0.2) is 0 Å². The van der Waals surface area contributed by atoms with Crippen LogP contribution in [0.1, 0.15) is 46.0 Å². The SMILES string of the molecule is CC(C)(CN)CNC(=O)OCC1CCCCC1. The molecule has 3 N–H and O–H groups in total. The van der Waals surface area contributed by atoms with Gasteiger partial charge >= 0.3 is 6.09 Å². The highest BCUT2D eigenvalue weighted by molar-refractivity contribution is 5.67. The van der Waals surface area contributed by atoms with Crippen LogP contribution in [-0.2, 0) is 4.74 Å². The van der Waals surface area contributed by atoms with Crippen molar-refractivity contribution in [2.45, 2.75) is 46.0 Å². The molecule has 0 aromatic carbocycles. The molecule has 1 aliphatic carbocycles. The molecule has 0 aliphatic heterocycles. The van der Waals surface area contributed by atoms with E-state index >= 15 is 0 Å². The zero-order chi connectivity index (χ0) is 12.7. The molecule has 17 heavy (non-hydrogen) atoms. The maximum absolute atomic E-state index is 11.5. The lowest BCUT2D eigenvalue weighted by atomic mass is 9.90. The lowest BCUT2D eigenvalue weighted by molar-refractivity contribution is 0.113. The van der Waals surface area contributed by atoms with Crippen molar-refractivity contribution in [3.63, 3.8) is 0 Å². The summed E-state index contributed by atoms with van der Waals surface area (Å²) in [6.07, 6.45) is 5.96. The lowest BCUT2D eigenvalue weighted by Gasteiger charge is -2.24. The van der Waals surface area contributed by atoms with Gasteiger partial charge in [0.1, 0.15) is 0 Å². The van der Waals surface area contributed by atoms with Crippen molar-refractivity contribution in [3.05, 3.63) is 0 Å². The maximum Gasteiger partial charge on any atom is 0.407 e. The molecule has 1 aliphatic rings. The van der Waals surface area contributed by atoms with E-state index in [1.165, 1.54) is 32.1 Å². The molecule has 0 spiro atoms. The molecule has 4 heteroatoms. The zero-order valence-electron chi connectivity index (χ0n) is 11.1. The second kappa shape index (κ2) is 6.84. The molecule has 0 aromatic rings. The summed E-state index contributed by atoms with van der Waals surface area (Å²) >= 11 is 0. The summed E-state index contributed by atoms with van der Waals surface area (Å²) in [5.74, 6) is 0.567. The van der Waals surface area contributed by atoms with Crippen molar-refractivity contribution in [2.75, 3.05) is 19.7 Å². The van der Waals surface area contributed by atoms with E-state index in [4.69, 9.17) is 10.5 Å². The van der Waals surface area contributed by atoms with Crippen molar-refractivity contribution in [1.29, 1.82) is 0 Å². The van der Waals surface area contributed by atoms with Crippen molar-refractivity contribution >= 4 is 6.09 Å². The Bertz CT molecular complexity index is 236. The van der Waals surface area contributed by atoms with Crippen LogP contribution in [0.4, 0.5) is 4.79 Å². The Hall–Kier alpha value is -0.770. The maximum atomic E-state index is 11.5. The molecule has 1 amide bonds. The molecular formula is C13H26N2O2. The lowest BCUT2D eigenvalue weighted by Crippen LogP contribution is -2.39. The van der Waals surface area contributed by atoms with Crippen LogP contribution in [0.15, 0.2) is 0 Å². The number of amides is 1. The molecule has 4 nitrogen and oxygen atoms in total. The Morgan fingerprint density at radius 1 is 1.35 bits per heavy atom. The number of hydrogen-bond acceptors (Lipinski definition) is 3. The third-order valence-electron chi connectivity index (χ3n) is 3.44. The van der Waals surface area contributed by atoms with Crippen LogP contribution >= 0.6 is 0 Å². The van der Waals surface area contributed by atoms with Gasteiger partial charge in [0.25, 0.3) is 0 Å². The monoisotopic (exact) mass is 242 g/mol. The summed E-state index contributed by atoms with van der Waals surface area (Å²) in [4.78, 5) is 11.5. The van der Waals surface area contributed by atoms with E-state index in [1.54, 1.807) is 0 Å². The van der Waals surface area contributed by atoms with E-state index in [2.05, 4.69) is 5.32 Å². The first kappa shape index (κ1) is 14.3. The highest BCUT2D eigenvalue weighted by Gasteiger charge is 2.18. The molecule has 0 atom stereocenters. The van der Waals surface area contributed by atoms with Crippen molar-refractivity contribution in [2.24, 2.45) is 17.1 Å². The molecule has 1 fully saturated rings. The van der Waals surface area contributed by atoms with Gasteiger partial charge in [0.2, 0.25) is 0 Å². The third-order valence-corrected chi connectivity index (χ3v) is 3.44. The number of ether oxygens (including phenoxy) is 1. The van der Waals surface area contributed by atoms with Gasteiger partial charge in [-0.15, -0.1) is 0 Å². The van der Waals surface area contributed by atoms with E-state index in [0.717, 1.165) is 0 Å². The molecule has 1 rings (SSSR count). The average molecular weight is 242 g/mol. The fourth-order valence-electron chi connectivity index (χ4n) is 1.98. The van der Waals surface area contributed by atoms with Crippen LogP contribution in [0.2, 0.25) is 0 Å². The summed E-state index contributed by atoms with van der Waals surface area (Å²) < 4.78 is 5.23. The minimum absolute atomic E-state index is 0.0656. The van der Waals surface area contributed by atoms with Gasteiger partial charge < -0.3 is 15.8 Å². The Balaban J connectivity index is 2.12. The van der Waals surface area contributed by atoms with Gasteiger partial charge in [-0.05, 0) is 30.7 Å². The molecule has 0 bridgehead atoms. The molecule has 0 aromatic heterocycles. The van der Waals surface area contributed by atoms with Crippen LogP contribution in [-0.4, -0.2) is 25.8 Å². The fourth-order valence-corrected chi connectivity index (χ4v) is 1.98. The van der Waals surface area contributed by atoms with Gasteiger partial charge in [-0.1, -0.05) is 33.1 Å². The molecule has 100 valence electrons. The van der Waals surface area contributed by atoms with E-state index in [9.17, 15) is 4.79 Å². The average Bonchev–Trinajstić information content (AvgIpc) is 2.35. The van der Waals surface area contributed by atoms with Crippen LogP contribution in [0.25, 0.3) is 0 Å². The number of alkyl carbamates (subject to hydrolysis) is 1. The number of carbonyl (C=O) groups is 1. The van der Waals surface area contributed by atoms with Gasteiger partial charge in [-0.3, -0.25) is 0 Å². The molecule has 0 heterocycles. The highest BCUT2D eigenvalue weighted by atomic mass is 16.5. The van der Waals surface area contributed by atoms with Gasteiger partial charge in [-0.2, -0.15) is 0 Å². The Labute approximate surface area is 104 Å². The zero-order valence-corrected chi connectivity index (χ0v) is 11.1. The smallest absolute Gasteiger partial charge is 0.407 e. The number of nitrogens with one attached hydrogen (secondary N) is 1. The first-order chi connectivity index (χ1) is 8.03. The van der Waals surface area contributed by atoms with Crippen LogP contribution < -0.4 is 11.1 Å². The molecular weight excluding hydrogens is 216 g/mol. The van der Waals surface area contributed by atoms with Crippen molar-refractivity contribution in [3.8, 4) is 0 Å². The topological polar surface area (TPSA) is 64.3 Å². The van der Waals surface area contributed by atoms with Crippen molar-refractivity contribution < 1.29 is 9.53 Å². The van der Waals surface area contributed by atoms with E-state index in [1.807, 2.05) is 13.8 Å². The van der Waals surface area contributed by atoms with Crippen LogP contribution in [0, 0.1) is 11.3 Å². The fraction of sp³-hybridized carbons (Fsp3) is 0.923. The largest absolute Gasteiger partial charge is 0.449 e. The number of hydrogen-bond donors (Lipinski definition) is 2. The minimum Gasteiger partial charge on any atom is -0.449 e. The van der Waals surface area contributed by atoms with Gasteiger partial charge in [-0.25, -0.2) is 4.79 Å². The van der Waals surface area contributed by atoms with Gasteiger partial charge in [0, 0.05) is 6.54 Å². The predicted molar refractivity (Wildman–Crippen MR) is 68.8 cm³/mol. The van der Waals surface area contributed by atoms with E-state index in [-0.39, 0.29) is 11.5 Å². The number of nitrogens with two attached hydrogens (primary N) is 1. The normalized spacial score (nSPS) is 17.8. The van der Waals surface area contributed by atoms with Crippen LogP contribution in [0.3, 0.4) is 0 Å². The first-order valence-corrected chi connectivity index (χ1v) is 6.64. The summed E-state index contributed by atoms with van der Waals surface area (Å²) in [6, 6.07) is 0. The van der Waals surface area contributed by atoms with Crippen LogP contribution in [0.5, 0.6) is 0 Å². The number of carbonyl (C=O) groups excluding carboxylic acids is 1. The summed E-state index contributed by atoms with van der Waals surface area (Å²) in [6.45, 7) is 5.72. The second-order valence-corrected chi connectivity index (χ2v) is 5.82. The summed E-state index contributed by atoms with van der Waals surface area (Å²) in [5.41, 5.74) is 5.53. The molecule has 0 radical (unpaired) electrons.